The van der Waals surface area contributed by atoms with Crippen molar-refractivity contribution in [1.82, 2.24) is 4.90 Å². The van der Waals surface area contributed by atoms with E-state index in [1.807, 2.05) is 6.92 Å². The van der Waals surface area contributed by atoms with E-state index in [2.05, 4.69) is 0 Å². The number of Topliss-reactive ketones (excluding diaryl/α,β-unsaturated/α-hetero) is 1. The molecule has 0 aliphatic carbocycles. The van der Waals surface area contributed by atoms with Gasteiger partial charge in [-0.2, -0.15) is 0 Å². The highest BCUT2D eigenvalue weighted by Gasteiger charge is 2.43. The van der Waals surface area contributed by atoms with Crippen LogP contribution in [-0.2, 0) is 19.1 Å². The summed E-state index contributed by atoms with van der Waals surface area (Å²) in [5.41, 5.74) is -0.615. The van der Waals surface area contributed by atoms with Crippen molar-refractivity contribution < 1.29 is 23.9 Å². The van der Waals surface area contributed by atoms with Crippen LogP contribution in [0.15, 0.2) is 0 Å². The predicted molar refractivity (Wildman–Crippen MR) is 76.8 cm³/mol. The monoisotopic (exact) mass is 299 g/mol. The van der Waals surface area contributed by atoms with Gasteiger partial charge in [-0.25, -0.2) is 4.79 Å². The Kier molecular flexibility index (Phi) is 5.75. The maximum absolute atomic E-state index is 12.4. The maximum Gasteiger partial charge on any atom is 0.410 e. The molecule has 2 atom stereocenters. The second-order valence-corrected chi connectivity index (χ2v) is 6.09. The molecule has 1 fully saturated rings. The Labute approximate surface area is 125 Å². The van der Waals surface area contributed by atoms with Gasteiger partial charge in [0.05, 0.1) is 12.6 Å². The topological polar surface area (TPSA) is 72.9 Å². The first-order valence-corrected chi connectivity index (χ1v) is 7.41. The highest BCUT2D eigenvalue weighted by Crippen LogP contribution is 2.25. The van der Waals surface area contributed by atoms with Crippen molar-refractivity contribution in [2.24, 2.45) is 5.92 Å². The number of likely N-dealkylation sites (tertiary alicyclic amines) is 1. The zero-order chi connectivity index (χ0) is 16.2. The second-order valence-electron chi connectivity index (χ2n) is 6.09. The SMILES string of the molecule is CCOC(=O)C1CCN(C(=O)OC(C)(C)C)C(CC)C1=O. The Hall–Kier alpha value is -1.59. The minimum absolute atomic E-state index is 0.245. The lowest BCUT2D eigenvalue weighted by Gasteiger charge is -2.37. The summed E-state index contributed by atoms with van der Waals surface area (Å²) in [5, 5.41) is 0. The van der Waals surface area contributed by atoms with Crippen LogP contribution >= 0.6 is 0 Å². The number of ether oxygens (including phenoxy) is 2. The van der Waals surface area contributed by atoms with Crippen molar-refractivity contribution in [1.29, 1.82) is 0 Å². The van der Waals surface area contributed by atoms with Crippen molar-refractivity contribution in [2.45, 2.75) is 59.1 Å². The number of carbonyl (C=O) groups is 3. The van der Waals surface area contributed by atoms with Crippen molar-refractivity contribution in [2.75, 3.05) is 13.2 Å². The molecule has 2 unspecified atom stereocenters. The zero-order valence-corrected chi connectivity index (χ0v) is 13.5. The minimum Gasteiger partial charge on any atom is -0.465 e. The summed E-state index contributed by atoms with van der Waals surface area (Å²) in [6, 6.07) is -0.622. The number of carbonyl (C=O) groups excluding carboxylic acids is 3. The largest absolute Gasteiger partial charge is 0.465 e. The van der Waals surface area contributed by atoms with Gasteiger partial charge >= 0.3 is 12.1 Å². The molecular formula is C15H25NO5. The van der Waals surface area contributed by atoms with Gasteiger partial charge in [-0.3, -0.25) is 14.5 Å². The van der Waals surface area contributed by atoms with Gasteiger partial charge in [0.25, 0.3) is 0 Å². The van der Waals surface area contributed by atoms with Gasteiger partial charge in [0.2, 0.25) is 0 Å². The van der Waals surface area contributed by atoms with Crippen LogP contribution in [-0.4, -0.2) is 47.5 Å². The highest BCUT2D eigenvalue weighted by atomic mass is 16.6. The third-order valence-corrected chi connectivity index (χ3v) is 3.29. The molecule has 1 aliphatic rings. The van der Waals surface area contributed by atoms with Gasteiger partial charge in [-0.1, -0.05) is 6.92 Å². The van der Waals surface area contributed by atoms with Gasteiger partial charge in [0, 0.05) is 6.54 Å². The van der Waals surface area contributed by atoms with Crippen LogP contribution in [0.5, 0.6) is 0 Å². The average molecular weight is 299 g/mol. The Morgan fingerprint density at radius 1 is 1.29 bits per heavy atom. The minimum atomic E-state index is -0.770. The van der Waals surface area contributed by atoms with Crippen molar-refractivity contribution in [3.8, 4) is 0 Å². The van der Waals surface area contributed by atoms with Crippen LogP contribution in [0.4, 0.5) is 4.79 Å². The van der Waals surface area contributed by atoms with E-state index in [4.69, 9.17) is 9.47 Å². The number of piperidine rings is 1. The van der Waals surface area contributed by atoms with Crippen LogP contribution in [0.1, 0.15) is 47.5 Å². The fourth-order valence-electron chi connectivity index (χ4n) is 2.39. The quantitative estimate of drug-likeness (QED) is 0.590. The molecule has 0 N–H and O–H groups in total. The molecule has 0 aromatic heterocycles. The zero-order valence-electron chi connectivity index (χ0n) is 13.5. The number of nitrogens with zero attached hydrogens (tertiary/aromatic N) is 1. The van der Waals surface area contributed by atoms with Crippen LogP contribution < -0.4 is 0 Å². The van der Waals surface area contributed by atoms with E-state index in [0.717, 1.165) is 0 Å². The molecule has 0 aromatic rings. The number of hydrogen-bond donors (Lipinski definition) is 0. The predicted octanol–water partition coefficient (Wildman–Crippen LogP) is 2.15. The third-order valence-electron chi connectivity index (χ3n) is 3.29. The summed E-state index contributed by atoms with van der Waals surface area (Å²) in [4.78, 5) is 37.8. The maximum atomic E-state index is 12.4. The van der Waals surface area contributed by atoms with Crippen LogP contribution in [0.25, 0.3) is 0 Å². The number of amides is 1. The number of ketones is 1. The van der Waals surface area contributed by atoms with Crippen LogP contribution in [0.3, 0.4) is 0 Å². The van der Waals surface area contributed by atoms with Crippen LogP contribution in [0, 0.1) is 5.92 Å². The standard InChI is InChI=1S/C15H25NO5/c1-6-11-12(17)10(13(18)20-7-2)8-9-16(11)14(19)21-15(3,4)5/h10-11H,6-9H2,1-5H3. The number of hydrogen-bond acceptors (Lipinski definition) is 5. The lowest BCUT2D eigenvalue weighted by Crippen LogP contribution is -2.54. The van der Waals surface area contributed by atoms with Crippen molar-refractivity contribution in [3.05, 3.63) is 0 Å². The molecule has 120 valence electrons. The lowest BCUT2D eigenvalue weighted by atomic mass is 9.88. The van der Waals surface area contributed by atoms with Gasteiger partial charge in [0.15, 0.2) is 5.78 Å². The summed E-state index contributed by atoms with van der Waals surface area (Å²) >= 11 is 0. The lowest BCUT2D eigenvalue weighted by molar-refractivity contribution is -0.155. The molecule has 0 aromatic carbocycles. The van der Waals surface area contributed by atoms with E-state index in [9.17, 15) is 14.4 Å². The van der Waals surface area contributed by atoms with Gasteiger partial charge < -0.3 is 9.47 Å². The summed E-state index contributed by atoms with van der Waals surface area (Å²) < 4.78 is 10.2. The first-order chi connectivity index (χ1) is 9.71. The molecule has 1 saturated heterocycles. The van der Waals surface area contributed by atoms with E-state index in [0.29, 0.717) is 13.0 Å². The Bertz CT molecular complexity index is 413. The summed E-state index contributed by atoms with van der Waals surface area (Å²) in [6.07, 6.45) is 0.228. The number of esters is 1. The van der Waals surface area contributed by atoms with E-state index in [1.54, 1.807) is 27.7 Å². The molecule has 0 saturated carbocycles. The van der Waals surface area contributed by atoms with E-state index >= 15 is 0 Å². The van der Waals surface area contributed by atoms with E-state index in [1.165, 1.54) is 4.90 Å². The Morgan fingerprint density at radius 3 is 2.38 bits per heavy atom. The molecule has 21 heavy (non-hydrogen) atoms. The molecule has 6 heteroatoms. The molecule has 1 heterocycles. The molecule has 0 bridgehead atoms. The number of rotatable bonds is 3. The van der Waals surface area contributed by atoms with Gasteiger partial charge in [0.1, 0.15) is 11.5 Å². The first kappa shape index (κ1) is 17.5. The average Bonchev–Trinajstić information content (AvgIpc) is 2.36. The fourth-order valence-corrected chi connectivity index (χ4v) is 2.39. The van der Waals surface area contributed by atoms with Crippen molar-refractivity contribution in [3.63, 3.8) is 0 Å². The summed E-state index contributed by atoms with van der Waals surface area (Å²) in [5.74, 6) is -1.52. The molecule has 6 nitrogen and oxygen atoms in total. The smallest absolute Gasteiger partial charge is 0.410 e. The van der Waals surface area contributed by atoms with E-state index in [-0.39, 0.29) is 18.8 Å². The highest BCUT2D eigenvalue weighted by molar-refractivity contribution is 6.03. The van der Waals surface area contributed by atoms with Gasteiger partial charge in [-0.05, 0) is 40.5 Å². The second kappa shape index (κ2) is 6.91. The summed E-state index contributed by atoms with van der Waals surface area (Å²) in [6.45, 7) is 9.41. The first-order valence-electron chi connectivity index (χ1n) is 7.41. The Morgan fingerprint density at radius 2 is 1.90 bits per heavy atom. The molecular weight excluding hydrogens is 274 g/mol. The fraction of sp³-hybridized carbons (Fsp3) is 0.800. The normalized spacial score (nSPS) is 22.9. The van der Waals surface area contributed by atoms with Crippen molar-refractivity contribution >= 4 is 17.8 Å². The third kappa shape index (κ3) is 4.44. The molecule has 1 amide bonds. The molecule has 0 spiro atoms. The summed E-state index contributed by atoms with van der Waals surface area (Å²) in [7, 11) is 0. The molecule has 0 radical (unpaired) electrons. The van der Waals surface area contributed by atoms with Gasteiger partial charge in [-0.15, -0.1) is 0 Å². The Balaban J connectivity index is 2.82. The van der Waals surface area contributed by atoms with E-state index < -0.39 is 29.6 Å². The molecule has 1 aliphatic heterocycles. The molecule has 1 rings (SSSR count). The van der Waals surface area contributed by atoms with Crippen LogP contribution in [0.2, 0.25) is 0 Å².